The highest BCUT2D eigenvalue weighted by Gasteiger charge is 2.40. The lowest BCUT2D eigenvalue weighted by molar-refractivity contribution is 0.582. The average Bonchev–Trinajstić information content (AvgIpc) is 3.74. The molecular formula is C28H33N3. The summed E-state index contributed by atoms with van der Waals surface area (Å²) < 4.78 is 0. The molecule has 2 aliphatic rings. The van der Waals surface area contributed by atoms with Crippen LogP contribution < -0.4 is 0 Å². The summed E-state index contributed by atoms with van der Waals surface area (Å²) in [5.74, 6) is 1.74. The molecular weight excluding hydrogens is 378 g/mol. The molecule has 160 valence electrons. The van der Waals surface area contributed by atoms with Gasteiger partial charge in [-0.1, -0.05) is 26.0 Å². The average molecular weight is 412 g/mol. The standard InChI is InChI=1S/C28H33N3/c1-3-22(16-21-7-10-27(31-19-21)28(2)12-13-28)26-18-20(11-15-30-26)17-24(23-8-9-23)25-6-4-5-14-29-25/h4-7,10-11,14-15,18-19,22-24H,3,8-9,12-13,16-17H2,1-2H3. The number of aromatic nitrogens is 3. The molecule has 0 aliphatic heterocycles. The molecule has 3 aromatic heterocycles. The van der Waals surface area contributed by atoms with E-state index in [0.29, 0.717) is 17.3 Å². The summed E-state index contributed by atoms with van der Waals surface area (Å²) in [5.41, 5.74) is 6.76. The predicted molar refractivity (Wildman–Crippen MR) is 125 cm³/mol. The molecule has 2 unspecified atom stereocenters. The van der Waals surface area contributed by atoms with Crippen LogP contribution in [0.1, 0.15) is 86.0 Å². The van der Waals surface area contributed by atoms with Crippen LogP contribution in [-0.2, 0) is 18.3 Å². The molecule has 0 aromatic carbocycles. The fourth-order valence-electron chi connectivity index (χ4n) is 4.79. The molecule has 2 aliphatic carbocycles. The number of rotatable bonds is 9. The van der Waals surface area contributed by atoms with Gasteiger partial charge in [-0.25, -0.2) is 0 Å². The first kappa shape index (κ1) is 20.4. The number of pyridine rings is 3. The molecule has 3 heterocycles. The Balaban J connectivity index is 1.31. The van der Waals surface area contributed by atoms with Gasteiger partial charge in [0.05, 0.1) is 0 Å². The Morgan fingerprint density at radius 2 is 1.74 bits per heavy atom. The summed E-state index contributed by atoms with van der Waals surface area (Å²) in [6.45, 7) is 4.59. The summed E-state index contributed by atoms with van der Waals surface area (Å²) in [6.07, 6.45) is 14.4. The van der Waals surface area contributed by atoms with E-state index in [1.807, 2.05) is 18.5 Å². The van der Waals surface area contributed by atoms with Crippen LogP contribution in [0.15, 0.2) is 61.1 Å². The Hall–Kier alpha value is -2.55. The normalized spacial score (nSPS) is 19.0. The Bertz CT molecular complexity index is 1000. The van der Waals surface area contributed by atoms with E-state index < -0.39 is 0 Å². The monoisotopic (exact) mass is 411 g/mol. The van der Waals surface area contributed by atoms with Crippen molar-refractivity contribution in [3.05, 3.63) is 89.3 Å². The molecule has 0 amide bonds. The van der Waals surface area contributed by atoms with E-state index in [0.717, 1.165) is 25.2 Å². The van der Waals surface area contributed by atoms with Crippen LogP contribution in [0.5, 0.6) is 0 Å². The van der Waals surface area contributed by atoms with Crippen molar-refractivity contribution in [3.63, 3.8) is 0 Å². The summed E-state index contributed by atoms with van der Waals surface area (Å²) in [7, 11) is 0. The van der Waals surface area contributed by atoms with Crippen molar-refractivity contribution >= 4 is 0 Å². The Labute approximate surface area is 186 Å². The maximum Gasteiger partial charge on any atom is 0.0462 e. The van der Waals surface area contributed by atoms with Gasteiger partial charge in [-0.3, -0.25) is 15.0 Å². The van der Waals surface area contributed by atoms with Crippen LogP contribution in [0.4, 0.5) is 0 Å². The molecule has 0 saturated heterocycles. The Kier molecular flexibility index (Phi) is 5.60. The zero-order valence-corrected chi connectivity index (χ0v) is 18.8. The van der Waals surface area contributed by atoms with E-state index in [1.165, 1.54) is 53.9 Å². The molecule has 0 N–H and O–H groups in total. The van der Waals surface area contributed by atoms with Crippen LogP contribution in [0.2, 0.25) is 0 Å². The van der Waals surface area contributed by atoms with Gasteiger partial charge in [0.2, 0.25) is 0 Å². The minimum atomic E-state index is 0.338. The SMILES string of the molecule is CCC(Cc1ccc(C2(C)CC2)nc1)c1cc(CC(c2ccccn2)C2CC2)ccn1. The molecule has 2 saturated carbocycles. The van der Waals surface area contributed by atoms with Crippen LogP contribution >= 0.6 is 0 Å². The van der Waals surface area contributed by atoms with Gasteiger partial charge in [-0.15, -0.1) is 0 Å². The first-order valence-corrected chi connectivity index (χ1v) is 12.0. The third-order valence-corrected chi connectivity index (χ3v) is 7.40. The summed E-state index contributed by atoms with van der Waals surface area (Å²) in [6, 6.07) is 15.4. The fraction of sp³-hybridized carbons (Fsp3) is 0.464. The van der Waals surface area contributed by atoms with Crippen LogP contribution in [0, 0.1) is 5.92 Å². The molecule has 0 spiro atoms. The second-order valence-electron chi connectivity index (χ2n) is 9.91. The smallest absolute Gasteiger partial charge is 0.0462 e. The molecule has 0 bridgehead atoms. The van der Waals surface area contributed by atoms with E-state index >= 15 is 0 Å². The second-order valence-corrected chi connectivity index (χ2v) is 9.91. The minimum Gasteiger partial charge on any atom is -0.261 e. The molecule has 2 atom stereocenters. The highest BCUT2D eigenvalue weighted by Crippen LogP contribution is 2.46. The van der Waals surface area contributed by atoms with Crippen molar-refractivity contribution in [3.8, 4) is 0 Å². The van der Waals surface area contributed by atoms with Gasteiger partial charge in [-0.05, 0) is 92.3 Å². The molecule has 2 fully saturated rings. The first-order chi connectivity index (χ1) is 15.1. The predicted octanol–water partition coefficient (Wildman–Crippen LogP) is 6.40. The first-order valence-electron chi connectivity index (χ1n) is 12.0. The van der Waals surface area contributed by atoms with Crippen molar-refractivity contribution in [2.45, 2.75) is 76.0 Å². The molecule has 31 heavy (non-hydrogen) atoms. The van der Waals surface area contributed by atoms with Gasteiger partial charge in [-0.2, -0.15) is 0 Å². The van der Waals surface area contributed by atoms with E-state index in [4.69, 9.17) is 9.97 Å². The van der Waals surface area contributed by atoms with E-state index in [1.54, 1.807) is 0 Å². The van der Waals surface area contributed by atoms with Crippen molar-refractivity contribution < 1.29 is 0 Å². The Morgan fingerprint density at radius 3 is 2.39 bits per heavy atom. The lowest BCUT2D eigenvalue weighted by atomic mass is 9.89. The largest absolute Gasteiger partial charge is 0.261 e. The molecule has 3 heteroatoms. The van der Waals surface area contributed by atoms with E-state index in [-0.39, 0.29) is 0 Å². The van der Waals surface area contributed by atoms with Crippen molar-refractivity contribution in [1.29, 1.82) is 0 Å². The van der Waals surface area contributed by atoms with Crippen LogP contribution in [0.25, 0.3) is 0 Å². The zero-order valence-electron chi connectivity index (χ0n) is 18.8. The fourth-order valence-corrected chi connectivity index (χ4v) is 4.79. The third-order valence-electron chi connectivity index (χ3n) is 7.40. The van der Waals surface area contributed by atoms with Gasteiger partial charge >= 0.3 is 0 Å². The number of hydrogen-bond donors (Lipinski definition) is 0. The van der Waals surface area contributed by atoms with Crippen LogP contribution in [0.3, 0.4) is 0 Å². The van der Waals surface area contributed by atoms with Gasteiger partial charge in [0, 0.05) is 52.9 Å². The maximum absolute atomic E-state index is 4.78. The topological polar surface area (TPSA) is 38.7 Å². The molecule has 0 radical (unpaired) electrons. The lowest BCUT2D eigenvalue weighted by Crippen LogP contribution is -2.10. The summed E-state index contributed by atoms with van der Waals surface area (Å²) >= 11 is 0. The quantitative estimate of drug-likeness (QED) is 0.409. The summed E-state index contributed by atoms with van der Waals surface area (Å²) in [4.78, 5) is 14.2. The van der Waals surface area contributed by atoms with E-state index in [2.05, 4.69) is 61.4 Å². The lowest BCUT2D eigenvalue weighted by Gasteiger charge is -2.19. The zero-order chi connectivity index (χ0) is 21.3. The van der Waals surface area contributed by atoms with Crippen LogP contribution in [-0.4, -0.2) is 15.0 Å². The van der Waals surface area contributed by atoms with E-state index in [9.17, 15) is 0 Å². The van der Waals surface area contributed by atoms with Crippen molar-refractivity contribution in [1.82, 2.24) is 15.0 Å². The van der Waals surface area contributed by atoms with Gasteiger partial charge < -0.3 is 0 Å². The van der Waals surface area contributed by atoms with Gasteiger partial charge in [0.1, 0.15) is 0 Å². The highest BCUT2D eigenvalue weighted by atomic mass is 14.7. The minimum absolute atomic E-state index is 0.338. The molecule has 3 nitrogen and oxygen atoms in total. The maximum atomic E-state index is 4.78. The Morgan fingerprint density at radius 1 is 0.903 bits per heavy atom. The molecule has 3 aromatic rings. The highest BCUT2D eigenvalue weighted by molar-refractivity contribution is 5.28. The van der Waals surface area contributed by atoms with Crippen molar-refractivity contribution in [2.75, 3.05) is 0 Å². The van der Waals surface area contributed by atoms with Crippen molar-refractivity contribution in [2.24, 2.45) is 5.92 Å². The second kappa shape index (κ2) is 8.53. The number of hydrogen-bond acceptors (Lipinski definition) is 3. The molecule has 5 rings (SSSR count). The number of nitrogens with zero attached hydrogens (tertiary/aromatic N) is 3. The third kappa shape index (κ3) is 4.71. The van der Waals surface area contributed by atoms with Gasteiger partial charge in [0.25, 0.3) is 0 Å². The van der Waals surface area contributed by atoms with Gasteiger partial charge in [0.15, 0.2) is 0 Å². The summed E-state index contributed by atoms with van der Waals surface area (Å²) in [5, 5.41) is 0.